The molecular formula is C20H27N3O5. The third-order valence-corrected chi connectivity index (χ3v) is 4.71. The fourth-order valence-corrected chi connectivity index (χ4v) is 2.88. The van der Waals surface area contributed by atoms with Crippen LogP contribution in [-0.2, 0) is 16.1 Å². The molecule has 1 atom stereocenters. The molecule has 0 saturated heterocycles. The summed E-state index contributed by atoms with van der Waals surface area (Å²) in [6, 6.07) is 4.61. The highest BCUT2D eigenvalue weighted by Gasteiger charge is 2.11. The number of aromatic amines is 1. The first-order chi connectivity index (χ1) is 13.4. The van der Waals surface area contributed by atoms with Crippen molar-refractivity contribution in [3.8, 4) is 0 Å². The molecular weight excluding hydrogens is 362 g/mol. The number of amides is 1. The molecule has 8 nitrogen and oxygen atoms in total. The average Bonchev–Trinajstić information content (AvgIpc) is 2.68. The maximum absolute atomic E-state index is 12.6. The zero-order valence-corrected chi connectivity index (χ0v) is 16.5. The van der Waals surface area contributed by atoms with Gasteiger partial charge in [-0.2, -0.15) is 0 Å². The number of esters is 1. The van der Waals surface area contributed by atoms with Crippen molar-refractivity contribution in [3.63, 3.8) is 0 Å². The fourth-order valence-electron chi connectivity index (χ4n) is 2.88. The predicted octanol–water partition coefficient (Wildman–Crippen LogP) is 1.95. The Labute approximate surface area is 162 Å². The van der Waals surface area contributed by atoms with Gasteiger partial charge in [0.2, 0.25) is 5.91 Å². The molecule has 2 aromatic rings. The maximum Gasteiger partial charge on any atom is 0.337 e. The predicted molar refractivity (Wildman–Crippen MR) is 107 cm³/mol. The van der Waals surface area contributed by atoms with Crippen molar-refractivity contribution >= 4 is 22.8 Å². The van der Waals surface area contributed by atoms with Gasteiger partial charge in [0.1, 0.15) is 0 Å². The van der Waals surface area contributed by atoms with E-state index in [1.165, 1.54) is 25.3 Å². The monoisotopic (exact) mass is 389 g/mol. The molecule has 1 unspecified atom stereocenters. The average molecular weight is 389 g/mol. The van der Waals surface area contributed by atoms with Gasteiger partial charge in [0.25, 0.3) is 5.56 Å². The molecule has 0 aliphatic rings. The van der Waals surface area contributed by atoms with Gasteiger partial charge in [0.05, 0.1) is 23.6 Å². The molecule has 1 aromatic carbocycles. The van der Waals surface area contributed by atoms with Crippen LogP contribution in [0.5, 0.6) is 0 Å². The van der Waals surface area contributed by atoms with Crippen LogP contribution in [0.4, 0.5) is 0 Å². The topological polar surface area (TPSA) is 110 Å². The third-order valence-electron chi connectivity index (χ3n) is 4.71. The quantitative estimate of drug-likeness (QED) is 0.503. The SMILES string of the molecule is CCC(C)NC(=O)CCCCCn1c(=O)[nH]c2cc(C(=O)OC)ccc2c1=O. The fraction of sp³-hybridized carbons (Fsp3) is 0.500. The summed E-state index contributed by atoms with van der Waals surface area (Å²) < 4.78 is 5.80. The van der Waals surface area contributed by atoms with Crippen LogP contribution in [0.25, 0.3) is 10.9 Å². The Hall–Kier alpha value is -2.90. The number of rotatable bonds is 9. The molecule has 1 amide bonds. The summed E-state index contributed by atoms with van der Waals surface area (Å²) >= 11 is 0. The number of aromatic nitrogens is 2. The summed E-state index contributed by atoms with van der Waals surface area (Å²) in [7, 11) is 1.27. The number of unbranched alkanes of at least 4 members (excludes halogenated alkanes) is 2. The number of hydrogen-bond acceptors (Lipinski definition) is 5. The normalized spacial score (nSPS) is 12.0. The first kappa shape index (κ1) is 21.4. The minimum atomic E-state index is -0.538. The Morgan fingerprint density at radius 3 is 2.64 bits per heavy atom. The summed E-state index contributed by atoms with van der Waals surface area (Å²) in [6.07, 6.45) is 3.37. The van der Waals surface area contributed by atoms with Crippen LogP contribution >= 0.6 is 0 Å². The van der Waals surface area contributed by atoms with E-state index in [2.05, 4.69) is 15.0 Å². The van der Waals surface area contributed by atoms with Gasteiger partial charge in [-0.05, 0) is 44.4 Å². The number of hydrogen-bond donors (Lipinski definition) is 2. The van der Waals surface area contributed by atoms with Crippen molar-refractivity contribution in [3.05, 3.63) is 44.6 Å². The lowest BCUT2D eigenvalue weighted by molar-refractivity contribution is -0.121. The van der Waals surface area contributed by atoms with Crippen molar-refractivity contribution in [1.29, 1.82) is 0 Å². The number of methoxy groups -OCH3 is 1. The molecule has 1 heterocycles. The summed E-state index contributed by atoms with van der Waals surface area (Å²) in [5.41, 5.74) is -0.354. The minimum Gasteiger partial charge on any atom is -0.465 e. The first-order valence-corrected chi connectivity index (χ1v) is 9.52. The lowest BCUT2D eigenvalue weighted by Crippen LogP contribution is -2.35. The highest BCUT2D eigenvalue weighted by Crippen LogP contribution is 2.10. The zero-order chi connectivity index (χ0) is 20.7. The summed E-state index contributed by atoms with van der Waals surface area (Å²) in [6.45, 7) is 4.25. The molecule has 0 fully saturated rings. The molecule has 8 heteroatoms. The largest absolute Gasteiger partial charge is 0.465 e. The number of benzene rings is 1. The molecule has 0 aliphatic carbocycles. The van der Waals surface area contributed by atoms with Gasteiger partial charge in [-0.25, -0.2) is 9.59 Å². The molecule has 0 aliphatic heterocycles. The maximum atomic E-state index is 12.6. The van der Waals surface area contributed by atoms with E-state index in [1.807, 2.05) is 13.8 Å². The Bertz CT molecular complexity index is 960. The van der Waals surface area contributed by atoms with Gasteiger partial charge < -0.3 is 15.0 Å². The molecule has 0 radical (unpaired) electrons. The van der Waals surface area contributed by atoms with Crippen LogP contribution in [0, 0.1) is 0 Å². The number of nitrogens with zero attached hydrogens (tertiary/aromatic N) is 1. The highest BCUT2D eigenvalue weighted by atomic mass is 16.5. The van der Waals surface area contributed by atoms with Crippen molar-refractivity contribution in [2.75, 3.05) is 7.11 Å². The summed E-state index contributed by atoms with van der Waals surface area (Å²) in [5.74, 6) is -0.513. The Morgan fingerprint density at radius 1 is 1.21 bits per heavy atom. The van der Waals surface area contributed by atoms with E-state index in [-0.39, 0.29) is 24.1 Å². The number of carbonyl (C=O) groups is 2. The van der Waals surface area contributed by atoms with Gasteiger partial charge in [-0.15, -0.1) is 0 Å². The molecule has 2 N–H and O–H groups in total. The number of nitrogens with one attached hydrogen (secondary N) is 2. The summed E-state index contributed by atoms with van der Waals surface area (Å²) in [4.78, 5) is 50.8. The molecule has 0 spiro atoms. The molecule has 28 heavy (non-hydrogen) atoms. The van der Waals surface area contributed by atoms with E-state index in [4.69, 9.17) is 0 Å². The zero-order valence-electron chi connectivity index (χ0n) is 16.5. The highest BCUT2D eigenvalue weighted by molar-refractivity contribution is 5.93. The van der Waals surface area contributed by atoms with Gasteiger partial charge in [-0.1, -0.05) is 13.3 Å². The lowest BCUT2D eigenvalue weighted by Gasteiger charge is -2.11. The molecule has 0 saturated carbocycles. The van der Waals surface area contributed by atoms with E-state index < -0.39 is 17.2 Å². The second-order valence-corrected chi connectivity index (χ2v) is 6.83. The minimum absolute atomic E-state index is 0.0245. The van der Waals surface area contributed by atoms with Gasteiger partial charge in [0.15, 0.2) is 0 Å². The second-order valence-electron chi connectivity index (χ2n) is 6.83. The Morgan fingerprint density at radius 2 is 1.96 bits per heavy atom. The molecule has 152 valence electrons. The third kappa shape index (κ3) is 5.31. The standard InChI is InChI=1S/C20H27N3O5/c1-4-13(2)21-17(24)8-6-5-7-11-23-18(25)15-10-9-14(19(26)28-3)12-16(15)22-20(23)27/h9-10,12-13H,4-8,11H2,1-3H3,(H,21,24)(H,22,27). The summed E-state index contributed by atoms with van der Waals surface area (Å²) in [5, 5.41) is 3.24. The van der Waals surface area contributed by atoms with E-state index in [9.17, 15) is 19.2 Å². The van der Waals surface area contributed by atoms with Crippen LogP contribution < -0.4 is 16.6 Å². The lowest BCUT2D eigenvalue weighted by atomic mass is 10.1. The van der Waals surface area contributed by atoms with E-state index >= 15 is 0 Å². The van der Waals surface area contributed by atoms with E-state index in [0.29, 0.717) is 30.2 Å². The van der Waals surface area contributed by atoms with Crippen LogP contribution in [0.1, 0.15) is 56.3 Å². The van der Waals surface area contributed by atoms with Gasteiger partial charge in [-0.3, -0.25) is 14.2 Å². The van der Waals surface area contributed by atoms with Crippen molar-refractivity contribution in [1.82, 2.24) is 14.9 Å². The van der Waals surface area contributed by atoms with Crippen molar-refractivity contribution < 1.29 is 14.3 Å². The number of H-pyrrole nitrogens is 1. The second kappa shape index (κ2) is 9.87. The van der Waals surface area contributed by atoms with Crippen molar-refractivity contribution in [2.45, 2.75) is 58.5 Å². The van der Waals surface area contributed by atoms with Crippen LogP contribution in [0.2, 0.25) is 0 Å². The number of carbonyl (C=O) groups excluding carboxylic acids is 2. The van der Waals surface area contributed by atoms with Crippen LogP contribution in [-0.4, -0.2) is 34.6 Å². The van der Waals surface area contributed by atoms with E-state index in [1.54, 1.807) is 0 Å². The Kier molecular flexibility index (Phi) is 7.54. The van der Waals surface area contributed by atoms with Gasteiger partial charge in [0, 0.05) is 19.0 Å². The first-order valence-electron chi connectivity index (χ1n) is 9.52. The van der Waals surface area contributed by atoms with Gasteiger partial charge >= 0.3 is 11.7 Å². The van der Waals surface area contributed by atoms with Crippen molar-refractivity contribution in [2.24, 2.45) is 0 Å². The van der Waals surface area contributed by atoms with Crippen LogP contribution in [0.15, 0.2) is 27.8 Å². The number of ether oxygens (including phenoxy) is 1. The van der Waals surface area contributed by atoms with E-state index in [0.717, 1.165) is 17.4 Å². The molecule has 2 rings (SSSR count). The molecule has 0 bridgehead atoms. The van der Waals surface area contributed by atoms with Crippen LogP contribution in [0.3, 0.4) is 0 Å². The number of fused-ring (bicyclic) bond motifs is 1. The Balaban J connectivity index is 2.00. The smallest absolute Gasteiger partial charge is 0.337 e. The molecule has 1 aromatic heterocycles.